The average molecular weight is 302 g/mol. The molecule has 1 aromatic carbocycles. The first-order valence-electron chi connectivity index (χ1n) is 6.26. The van der Waals surface area contributed by atoms with Crippen molar-refractivity contribution in [1.82, 2.24) is 0 Å². The van der Waals surface area contributed by atoms with Crippen molar-refractivity contribution in [2.45, 2.75) is 30.9 Å². The van der Waals surface area contributed by atoms with Crippen LogP contribution in [0.25, 0.3) is 0 Å². The highest BCUT2D eigenvalue weighted by atomic mass is 35.5. The molecule has 0 radical (unpaired) electrons. The molecule has 2 rings (SSSR count). The van der Waals surface area contributed by atoms with Gasteiger partial charge in [-0.1, -0.05) is 0 Å². The molecule has 0 heterocycles. The molecule has 112 valence electrons. The van der Waals surface area contributed by atoms with Crippen LogP contribution in [0.5, 0.6) is 11.5 Å². The number of hydrogen-bond donors (Lipinski definition) is 2. The summed E-state index contributed by atoms with van der Waals surface area (Å²) in [5.74, 6) is 0.813. The summed E-state index contributed by atoms with van der Waals surface area (Å²) in [4.78, 5) is 12.2. The number of aliphatic hydroxyl groups is 1. The first-order valence-corrected chi connectivity index (χ1v) is 6.26. The van der Waals surface area contributed by atoms with Crippen molar-refractivity contribution in [1.29, 1.82) is 0 Å². The molecular weight excluding hydrogens is 282 g/mol. The summed E-state index contributed by atoms with van der Waals surface area (Å²) < 4.78 is 10.4. The zero-order valence-corrected chi connectivity index (χ0v) is 12.4. The van der Waals surface area contributed by atoms with Gasteiger partial charge < -0.3 is 20.3 Å². The van der Waals surface area contributed by atoms with E-state index in [2.05, 4.69) is 0 Å². The third kappa shape index (κ3) is 2.90. The fraction of sp³-hybridized carbons (Fsp3) is 0.500. The minimum absolute atomic E-state index is 0. The molecule has 0 amide bonds. The van der Waals surface area contributed by atoms with Crippen LogP contribution in [-0.4, -0.2) is 31.2 Å². The van der Waals surface area contributed by atoms with E-state index in [1.807, 2.05) is 0 Å². The van der Waals surface area contributed by atoms with E-state index in [1.54, 1.807) is 32.4 Å². The number of rotatable bonds is 3. The van der Waals surface area contributed by atoms with Gasteiger partial charge in [0.2, 0.25) is 0 Å². The van der Waals surface area contributed by atoms with Crippen LogP contribution >= 0.6 is 12.4 Å². The highest BCUT2D eigenvalue weighted by Crippen LogP contribution is 2.36. The zero-order chi connectivity index (χ0) is 14.0. The van der Waals surface area contributed by atoms with Gasteiger partial charge in [0.1, 0.15) is 23.1 Å². The quantitative estimate of drug-likeness (QED) is 0.882. The Morgan fingerprint density at radius 3 is 2.30 bits per heavy atom. The fourth-order valence-electron chi connectivity index (χ4n) is 2.48. The maximum Gasteiger partial charge on any atom is 0.185 e. The smallest absolute Gasteiger partial charge is 0.185 e. The molecule has 0 aliphatic heterocycles. The minimum atomic E-state index is -1.17. The summed E-state index contributed by atoms with van der Waals surface area (Å²) in [5.41, 5.74) is 5.69. The van der Waals surface area contributed by atoms with Gasteiger partial charge >= 0.3 is 0 Å². The van der Waals surface area contributed by atoms with Gasteiger partial charge in [-0.15, -0.1) is 12.4 Å². The number of aliphatic hydroxyl groups excluding tert-OH is 1. The lowest BCUT2D eigenvalue weighted by Gasteiger charge is -2.35. The van der Waals surface area contributed by atoms with Gasteiger partial charge in [0.25, 0.3) is 0 Å². The molecule has 5 nitrogen and oxygen atoms in total. The van der Waals surface area contributed by atoms with Crippen LogP contribution < -0.4 is 15.2 Å². The van der Waals surface area contributed by atoms with Crippen molar-refractivity contribution in [3.63, 3.8) is 0 Å². The number of ether oxygens (including phenoxy) is 2. The van der Waals surface area contributed by atoms with Gasteiger partial charge in [0.05, 0.1) is 14.2 Å². The molecule has 1 aromatic rings. The van der Waals surface area contributed by atoms with Gasteiger partial charge in [-0.25, -0.2) is 0 Å². The molecule has 0 saturated heterocycles. The standard InChI is InChI=1S/C14H19NO4.ClH/c1-18-10-6-9(7-11(8-10)19-2)14(15)5-3-4-12(16)13(14)17;/h6-8,12,16H,3-5,15H2,1-2H3;1H. The number of Topliss-reactive ketones (excluding diaryl/α,β-unsaturated/α-hetero) is 1. The first kappa shape index (κ1) is 16.8. The second-order valence-corrected chi connectivity index (χ2v) is 4.84. The Hall–Kier alpha value is -1.30. The predicted octanol–water partition coefficient (Wildman–Crippen LogP) is 1.39. The second-order valence-electron chi connectivity index (χ2n) is 4.84. The topological polar surface area (TPSA) is 81.8 Å². The lowest BCUT2D eigenvalue weighted by atomic mass is 9.75. The van der Waals surface area contributed by atoms with E-state index in [-0.39, 0.29) is 18.2 Å². The number of carbonyl (C=O) groups is 1. The Balaban J connectivity index is 0.00000200. The van der Waals surface area contributed by atoms with Crippen molar-refractivity contribution < 1.29 is 19.4 Å². The Labute approximate surface area is 124 Å². The third-order valence-corrected chi connectivity index (χ3v) is 3.66. The number of nitrogens with two attached hydrogens (primary N) is 1. The molecule has 20 heavy (non-hydrogen) atoms. The molecule has 1 saturated carbocycles. The molecule has 2 atom stereocenters. The molecule has 6 heteroatoms. The molecule has 0 aromatic heterocycles. The normalized spacial score (nSPS) is 25.8. The number of halogens is 1. The van der Waals surface area contributed by atoms with Gasteiger partial charge in [-0.3, -0.25) is 4.79 Å². The van der Waals surface area contributed by atoms with E-state index in [9.17, 15) is 9.90 Å². The van der Waals surface area contributed by atoms with Crippen molar-refractivity contribution in [3.05, 3.63) is 23.8 Å². The number of carbonyl (C=O) groups excluding carboxylic acids is 1. The monoisotopic (exact) mass is 301 g/mol. The van der Waals surface area contributed by atoms with Crippen LogP contribution in [0.3, 0.4) is 0 Å². The molecule has 1 aliphatic rings. The SMILES string of the molecule is COc1cc(OC)cc(C2(N)CCCC(O)C2=O)c1.Cl. The van der Waals surface area contributed by atoms with Crippen LogP contribution in [0.1, 0.15) is 24.8 Å². The Morgan fingerprint density at radius 2 is 1.80 bits per heavy atom. The van der Waals surface area contributed by atoms with E-state index in [0.29, 0.717) is 36.3 Å². The van der Waals surface area contributed by atoms with E-state index in [4.69, 9.17) is 15.2 Å². The summed E-state index contributed by atoms with van der Waals surface area (Å²) in [5, 5.41) is 9.74. The van der Waals surface area contributed by atoms with E-state index < -0.39 is 11.6 Å². The molecule has 0 bridgehead atoms. The van der Waals surface area contributed by atoms with Crippen LogP contribution in [-0.2, 0) is 10.3 Å². The summed E-state index contributed by atoms with van der Waals surface area (Å²) >= 11 is 0. The Bertz CT molecular complexity index is 472. The molecule has 1 aliphatic carbocycles. The second kappa shape index (κ2) is 6.43. The summed E-state index contributed by atoms with van der Waals surface area (Å²) in [6.45, 7) is 0. The highest BCUT2D eigenvalue weighted by Gasteiger charge is 2.42. The number of methoxy groups -OCH3 is 2. The lowest BCUT2D eigenvalue weighted by molar-refractivity contribution is -0.136. The third-order valence-electron chi connectivity index (χ3n) is 3.66. The minimum Gasteiger partial charge on any atom is -0.497 e. The van der Waals surface area contributed by atoms with Crippen molar-refractivity contribution in [3.8, 4) is 11.5 Å². The Kier molecular flexibility index (Phi) is 5.39. The van der Waals surface area contributed by atoms with Gasteiger partial charge in [-0.05, 0) is 37.0 Å². The van der Waals surface area contributed by atoms with Crippen LogP contribution in [0.2, 0.25) is 0 Å². The van der Waals surface area contributed by atoms with E-state index in [1.165, 1.54) is 0 Å². The van der Waals surface area contributed by atoms with Gasteiger partial charge in [0.15, 0.2) is 5.78 Å². The van der Waals surface area contributed by atoms with Gasteiger partial charge in [0, 0.05) is 6.07 Å². The summed E-state index contributed by atoms with van der Waals surface area (Å²) in [6, 6.07) is 5.16. The average Bonchev–Trinajstić information content (AvgIpc) is 2.44. The van der Waals surface area contributed by atoms with Crippen LogP contribution in [0.15, 0.2) is 18.2 Å². The van der Waals surface area contributed by atoms with Crippen LogP contribution in [0, 0.1) is 0 Å². The molecule has 2 unspecified atom stereocenters. The van der Waals surface area contributed by atoms with Crippen molar-refractivity contribution in [2.75, 3.05) is 14.2 Å². The van der Waals surface area contributed by atoms with E-state index in [0.717, 1.165) is 0 Å². The fourth-order valence-corrected chi connectivity index (χ4v) is 2.48. The van der Waals surface area contributed by atoms with Gasteiger partial charge in [-0.2, -0.15) is 0 Å². The van der Waals surface area contributed by atoms with Crippen molar-refractivity contribution in [2.24, 2.45) is 5.73 Å². The van der Waals surface area contributed by atoms with Crippen LogP contribution in [0.4, 0.5) is 0 Å². The number of ketones is 1. The number of hydrogen-bond acceptors (Lipinski definition) is 5. The predicted molar refractivity (Wildman–Crippen MR) is 77.5 cm³/mol. The Morgan fingerprint density at radius 1 is 1.25 bits per heavy atom. The molecule has 3 N–H and O–H groups in total. The lowest BCUT2D eigenvalue weighted by Crippen LogP contribution is -2.52. The molecular formula is C14H20ClNO4. The first-order chi connectivity index (χ1) is 9.01. The maximum absolute atomic E-state index is 12.2. The summed E-state index contributed by atoms with van der Waals surface area (Å²) in [7, 11) is 3.08. The van der Waals surface area contributed by atoms with Crippen molar-refractivity contribution >= 4 is 18.2 Å². The molecule has 1 fully saturated rings. The maximum atomic E-state index is 12.2. The molecule has 0 spiro atoms. The largest absolute Gasteiger partial charge is 0.497 e. The van der Waals surface area contributed by atoms with E-state index >= 15 is 0 Å². The highest BCUT2D eigenvalue weighted by molar-refractivity contribution is 5.93. The summed E-state index contributed by atoms with van der Waals surface area (Å²) in [6.07, 6.45) is 0.706. The zero-order valence-electron chi connectivity index (χ0n) is 11.6. The number of benzene rings is 1.